The zero-order chi connectivity index (χ0) is 24.5. The molecule has 0 atom stereocenters. The van der Waals surface area contributed by atoms with Crippen LogP contribution in [0.4, 0.5) is 11.4 Å². The van der Waals surface area contributed by atoms with E-state index in [0.717, 1.165) is 0 Å². The molecule has 0 radical (unpaired) electrons. The van der Waals surface area contributed by atoms with E-state index in [1.165, 1.54) is 12.1 Å². The van der Waals surface area contributed by atoms with E-state index >= 15 is 0 Å². The summed E-state index contributed by atoms with van der Waals surface area (Å²) in [5.41, 5.74) is 0.846. The summed E-state index contributed by atoms with van der Waals surface area (Å²) in [6.45, 7) is -0.515. The largest absolute Gasteiger partial charge is 0.457 e. The minimum absolute atomic E-state index is 0.108. The first kappa shape index (κ1) is 25.4. The van der Waals surface area contributed by atoms with Crippen molar-refractivity contribution in [1.29, 1.82) is 0 Å². The molecule has 0 unspecified atom stereocenters. The normalized spacial score (nSPS) is 10.3. The molecule has 3 rings (SSSR count). The number of amides is 2. The van der Waals surface area contributed by atoms with Crippen LogP contribution in [-0.2, 0) is 19.1 Å². The van der Waals surface area contributed by atoms with Crippen LogP contribution in [0.25, 0.3) is 0 Å². The molecule has 176 valence electrons. The zero-order valence-corrected chi connectivity index (χ0v) is 19.9. The van der Waals surface area contributed by atoms with Gasteiger partial charge in [0.25, 0.3) is 5.91 Å². The van der Waals surface area contributed by atoms with Crippen molar-refractivity contribution < 1.29 is 23.9 Å². The van der Waals surface area contributed by atoms with Crippen molar-refractivity contribution in [2.75, 3.05) is 17.2 Å². The summed E-state index contributed by atoms with van der Waals surface area (Å²) in [7, 11) is 0. The fraction of sp³-hybridized carbons (Fsp3) is 0.125. The van der Waals surface area contributed by atoms with Gasteiger partial charge in [0.1, 0.15) is 11.5 Å². The highest BCUT2D eigenvalue weighted by Gasteiger charge is 2.12. The smallest absolute Gasteiger partial charge is 0.306 e. The van der Waals surface area contributed by atoms with Gasteiger partial charge < -0.3 is 20.1 Å². The predicted octanol–water partition coefficient (Wildman–Crippen LogP) is 6.34. The van der Waals surface area contributed by atoms with E-state index < -0.39 is 18.5 Å². The van der Waals surface area contributed by atoms with Gasteiger partial charge in [-0.15, -0.1) is 0 Å². The molecule has 34 heavy (non-hydrogen) atoms. The van der Waals surface area contributed by atoms with Crippen molar-refractivity contribution in [3.8, 4) is 11.5 Å². The second kappa shape index (κ2) is 12.3. The molecule has 7 nitrogen and oxygen atoms in total. The number of ether oxygens (including phenoxy) is 2. The zero-order valence-electron chi connectivity index (χ0n) is 17.6. The van der Waals surface area contributed by atoms with Gasteiger partial charge in [-0.25, -0.2) is 0 Å². The maximum Gasteiger partial charge on any atom is 0.306 e. The van der Waals surface area contributed by atoms with Gasteiger partial charge in [-0.3, -0.25) is 14.4 Å². The highest BCUT2D eigenvalue weighted by molar-refractivity contribution is 6.35. The molecule has 0 aliphatic carbocycles. The minimum Gasteiger partial charge on any atom is -0.457 e. The Morgan fingerprint density at radius 3 is 2.00 bits per heavy atom. The molecule has 0 spiro atoms. The molecule has 0 aliphatic rings. The Balaban J connectivity index is 1.37. The summed E-state index contributed by atoms with van der Waals surface area (Å²) in [6.07, 6.45) is -0.293. The van der Waals surface area contributed by atoms with Gasteiger partial charge in [-0.2, -0.15) is 0 Å². The maximum absolute atomic E-state index is 12.1. The Kier molecular flexibility index (Phi) is 9.16. The highest BCUT2D eigenvalue weighted by atomic mass is 35.5. The Morgan fingerprint density at radius 1 is 0.706 bits per heavy atom. The van der Waals surface area contributed by atoms with Crippen LogP contribution in [0.5, 0.6) is 11.5 Å². The molecule has 0 saturated heterocycles. The molecule has 3 aromatic carbocycles. The monoisotopic (exact) mass is 520 g/mol. The van der Waals surface area contributed by atoms with Gasteiger partial charge in [0.2, 0.25) is 5.91 Å². The van der Waals surface area contributed by atoms with Crippen LogP contribution in [0.3, 0.4) is 0 Å². The summed E-state index contributed by atoms with van der Waals surface area (Å²) >= 11 is 17.7. The maximum atomic E-state index is 12.1. The Morgan fingerprint density at radius 2 is 1.32 bits per heavy atom. The van der Waals surface area contributed by atoms with Gasteiger partial charge in [-0.05, 0) is 66.7 Å². The third kappa shape index (κ3) is 8.26. The van der Waals surface area contributed by atoms with Crippen LogP contribution in [-0.4, -0.2) is 24.4 Å². The lowest BCUT2D eigenvalue weighted by Crippen LogP contribution is -2.22. The topological polar surface area (TPSA) is 93.7 Å². The SMILES string of the molecule is O=C(CCC(=O)OCC(=O)Nc1cc(Cl)ccc1Cl)Nc1ccc(Oc2ccc(Cl)cc2)cc1. The van der Waals surface area contributed by atoms with Crippen molar-refractivity contribution >= 4 is 64.0 Å². The average Bonchev–Trinajstić information content (AvgIpc) is 2.81. The molecule has 2 amide bonds. The lowest BCUT2D eigenvalue weighted by molar-refractivity contribution is -0.147. The van der Waals surface area contributed by atoms with Crippen LogP contribution in [0.2, 0.25) is 15.1 Å². The quantitative estimate of drug-likeness (QED) is 0.321. The molecule has 0 saturated carbocycles. The fourth-order valence-electron chi connectivity index (χ4n) is 2.68. The van der Waals surface area contributed by atoms with E-state index in [9.17, 15) is 14.4 Å². The Bertz CT molecular complexity index is 1170. The van der Waals surface area contributed by atoms with Crippen molar-refractivity contribution in [1.82, 2.24) is 0 Å². The average molecular weight is 522 g/mol. The van der Waals surface area contributed by atoms with E-state index in [1.807, 2.05) is 0 Å². The van der Waals surface area contributed by atoms with Crippen LogP contribution >= 0.6 is 34.8 Å². The molecule has 0 aromatic heterocycles. The Hall–Kier alpha value is -3.26. The first-order valence-corrected chi connectivity index (χ1v) is 11.2. The van der Waals surface area contributed by atoms with E-state index in [0.29, 0.717) is 37.9 Å². The van der Waals surface area contributed by atoms with E-state index in [1.54, 1.807) is 54.6 Å². The first-order chi connectivity index (χ1) is 16.3. The van der Waals surface area contributed by atoms with Crippen LogP contribution in [0, 0.1) is 0 Å². The molecule has 0 fully saturated rings. The molecule has 0 bridgehead atoms. The van der Waals surface area contributed by atoms with Gasteiger partial charge in [0, 0.05) is 22.2 Å². The molecule has 0 aliphatic heterocycles. The van der Waals surface area contributed by atoms with Gasteiger partial charge >= 0.3 is 5.97 Å². The molecular formula is C24H19Cl3N2O5. The number of carbonyl (C=O) groups is 3. The van der Waals surface area contributed by atoms with Gasteiger partial charge in [-0.1, -0.05) is 34.8 Å². The Labute approximate surface area is 210 Å². The summed E-state index contributed by atoms with van der Waals surface area (Å²) in [5.74, 6) is -0.430. The summed E-state index contributed by atoms with van der Waals surface area (Å²) in [5, 5.41) is 6.48. The minimum atomic E-state index is -0.686. The molecular weight excluding hydrogens is 503 g/mol. The van der Waals surface area contributed by atoms with Crippen LogP contribution in [0.1, 0.15) is 12.8 Å². The second-order valence-corrected chi connectivity index (χ2v) is 8.24. The van der Waals surface area contributed by atoms with Gasteiger partial charge in [0.05, 0.1) is 17.1 Å². The van der Waals surface area contributed by atoms with Crippen molar-refractivity contribution in [2.24, 2.45) is 0 Å². The number of halogens is 3. The number of hydrogen-bond donors (Lipinski definition) is 2. The van der Waals surface area contributed by atoms with E-state index in [4.69, 9.17) is 44.3 Å². The lowest BCUT2D eigenvalue weighted by atomic mass is 10.2. The number of benzene rings is 3. The number of nitrogens with one attached hydrogen (secondary N) is 2. The summed E-state index contributed by atoms with van der Waals surface area (Å²) < 4.78 is 10.6. The molecule has 10 heteroatoms. The third-order valence-electron chi connectivity index (χ3n) is 4.31. The molecule has 2 N–H and O–H groups in total. The standard InChI is InChI=1S/C24H19Cl3N2O5/c25-15-1-6-18(7-2-15)34-19-8-4-17(5-9-19)28-22(30)11-12-24(32)33-14-23(31)29-21-13-16(26)3-10-20(21)27/h1-10,13H,11-12,14H2,(H,28,30)(H,29,31). The number of esters is 1. The third-order valence-corrected chi connectivity index (χ3v) is 5.13. The van der Waals surface area contributed by atoms with Crippen molar-refractivity contribution in [3.05, 3.63) is 81.8 Å². The molecule has 0 heterocycles. The second-order valence-electron chi connectivity index (χ2n) is 6.96. The summed E-state index contributed by atoms with van der Waals surface area (Å²) in [4.78, 5) is 35.9. The lowest BCUT2D eigenvalue weighted by Gasteiger charge is -2.09. The number of anilines is 2. The van der Waals surface area contributed by atoms with Crippen LogP contribution in [0.15, 0.2) is 66.7 Å². The van der Waals surface area contributed by atoms with E-state index in [2.05, 4.69) is 10.6 Å². The highest BCUT2D eigenvalue weighted by Crippen LogP contribution is 2.26. The van der Waals surface area contributed by atoms with Crippen LogP contribution < -0.4 is 15.4 Å². The number of carbonyl (C=O) groups excluding carboxylic acids is 3. The number of rotatable bonds is 9. The number of hydrogen-bond acceptors (Lipinski definition) is 5. The predicted molar refractivity (Wildman–Crippen MR) is 132 cm³/mol. The fourth-order valence-corrected chi connectivity index (χ4v) is 3.14. The van der Waals surface area contributed by atoms with E-state index in [-0.39, 0.29) is 18.7 Å². The summed E-state index contributed by atoms with van der Waals surface area (Å²) in [6, 6.07) is 18.3. The van der Waals surface area contributed by atoms with Gasteiger partial charge in [0.15, 0.2) is 6.61 Å². The first-order valence-electron chi connectivity index (χ1n) is 10.0. The van der Waals surface area contributed by atoms with Crippen molar-refractivity contribution in [2.45, 2.75) is 12.8 Å². The molecule has 3 aromatic rings. The van der Waals surface area contributed by atoms with Crippen molar-refractivity contribution in [3.63, 3.8) is 0 Å².